The summed E-state index contributed by atoms with van der Waals surface area (Å²) in [5.41, 5.74) is 2.23. The van der Waals surface area contributed by atoms with Gasteiger partial charge in [0.2, 0.25) is 5.91 Å². The third-order valence-corrected chi connectivity index (χ3v) is 5.15. The van der Waals surface area contributed by atoms with Crippen LogP contribution in [-0.2, 0) is 22.0 Å². The molecule has 0 radical (unpaired) electrons. The van der Waals surface area contributed by atoms with Crippen LogP contribution in [0.1, 0.15) is 91.8 Å². The number of aromatic hydroxyl groups is 1. The maximum absolute atomic E-state index is 12.6. The van der Waals surface area contributed by atoms with Gasteiger partial charge < -0.3 is 10.4 Å². The molecule has 1 aromatic rings. The van der Waals surface area contributed by atoms with Crippen molar-refractivity contribution >= 4 is 5.91 Å². The Morgan fingerprint density at radius 2 is 1.32 bits per heavy atom. The molecule has 0 unspecified atom stereocenters. The summed E-state index contributed by atoms with van der Waals surface area (Å²) in [5, 5.41) is 14.0. The summed E-state index contributed by atoms with van der Waals surface area (Å²) in [7, 11) is 0. The number of phenols is 1. The van der Waals surface area contributed by atoms with Gasteiger partial charge in [0.05, 0.1) is 6.42 Å². The molecular weight excluding hydrogens is 310 g/mol. The third-order valence-electron chi connectivity index (χ3n) is 5.15. The number of rotatable bonds is 5. The van der Waals surface area contributed by atoms with Crippen LogP contribution in [0, 0.1) is 0 Å². The van der Waals surface area contributed by atoms with Gasteiger partial charge in [-0.25, -0.2) is 0 Å². The summed E-state index contributed by atoms with van der Waals surface area (Å²) >= 11 is 0. The monoisotopic (exact) mass is 347 g/mol. The van der Waals surface area contributed by atoms with Crippen LogP contribution in [0.5, 0.6) is 5.75 Å². The van der Waals surface area contributed by atoms with E-state index in [1.807, 2.05) is 12.1 Å². The van der Waals surface area contributed by atoms with Gasteiger partial charge in [-0.05, 0) is 47.3 Å². The molecule has 0 fully saturated rings. The molecule has 0 spiro atoms. The fourth-order valence-corrected chi connectivity index (χ4v) is 2.93. The molecule has 142 valence electrons. The summed E-state index contributed by atoms with van der Waals surface area (Å²) in [5.74, 6) is 0.396. The van der Waals surface area contributed by atoms with Gasteiger partial charge in [0.1, 0.15) is 5.75 Å². The van der Waals surface area contributed by atoms with Crippen molar-refractivity contribution in [3.05, 3.63) is 28.8 Å². The first-order valence-corrected chi connectivity index (χ1v) is 9.41. The second kappa shape index (κ2) is 7.39. The first-order valence-electron chi connectivity index (χ1n) is 9.41. The SMILES string of the molecule is CCC(C)(CC)NC(=O)Cc1cc(C(C)(C)C)c(O)c(C(C)(C)C)c1. The van der Waals surface area contributed by atoms with E-state index >= 15 is 0 Å². The molecule has 0 atom stereocenters. The number of amides is 1. The van der Waals surface area contributed by atoms with Crippen LogP contribution < -0.4 is 5.32 Å². The van der Waals surface area contributed by atoms with Gasteiger partial charge in [-0.2, -0.15) is 0 Å². The van der Waals surface area contributed by atoms with Crippen molar-refractivity contribution in [2.45, 2.75) is 97.9 Å². The van der Waals surface area contributed by atoms with E-state index in [2.05, 4.69) is 67.6 Å². The summed E-state index contributed by atoms with van der Waals surface area (Å²) in [4.78, 5) is 12.6. The molecule has 0 aromatic heterocycles. The first-order chi connectivity index (χ1) is 11.2. The van der Waals surface area contributed by atoms with Crippen molar-refractivity contribution in [2.24, 2.45) is 0 Å². The fourth-order valence-electron chi connectivity index (χ4n) is 2.93. The van der Waals surface area contributed by atoms with Gasteiger partial charge in [-0.1, -0.05) is 67.5 Å². The van der Waals surface area contributed by atoms with Crippen molar-refractivity contribution in [1.29, 1.82) is 0 Å². The van der Waals surface area contributed by atoms with Crippen LogP contribution >= 0.6 is 0 Å². The zero-order chi connectivity index (χ0) is 19.6. The van der Waals surface area contributed by atoms with Crippen molar-refractivity contribution in [3.8, 4) is 5.75 Å². The average Bonchev–Trinajstić information content (AvgIpc) is 2.46. The summed E-state index contributed by atoms with van der Waals surface area (Å²) in [6, 6.07) is 3.97. The molecule has 2 N–H and O–H groups in total. The number of hydrogen-bond acceptors (Lipinski definition) is 2. The topological polar surface area (TPSA) is 49.3 Å². The Hall–Kier alpha value is -1.51. The first kappa shape index (κ1) is 21.5. The summed E-state index contributed by atoms with van der Waals surface area (Å²) in [6.45, 7) is 18.8. The van der Waals surface area contributed by atoms with E-state index in [9.17, 15) is 9.90 Å². The number of nitrogens with one attached hydrogen (secondary N) is 1. The lowest BCUT2D eigenvalue weighted by Crippen LogP contribution is -2.45. The van der Waals surface area contributed by atoms with Crippen LogP contribution in [0.3, 0.4) is 0 Å². The molecule has 0 saturated carbocycles. The van der Waals surface area contributed by atoms with E-state index in [1.54, 1.807) is 0 Å². The van der Waals surface area contributed by atoms with E-state index in [0.717, 1.165) is 29.5 Å². The molecule has 0 aliphatic rings. The maximum atomic E-state index is 12.6. The maximum Gasteiger partial charge on any atom is 0.224 e. The molecule has 0 saturated heterocycles. The highest BCUT2D eigenvalue weighted by atomic mass is 16.3. The predicted octanol–water partition coefficient (Wildman–Crippen LogP) is 5.22. The third kappa shape index (κ3) is 5.49. The Bertz CT molecular complexity index is 579. The minimum absolute atomic E-state index is 0.0385. The van der Waals surface area contributed by atoms with Crippen LogP contribution in [-0.4, -0.2) is 16.6 Å². The molecule has 0 heterocycles. The van der Waals surface area contributed by atoms with Crippen molar-refractivity contribution in [3.63, 3.8) is 0 Å². The second-order valence-electron chi connectivity index (χ2n) is 9.53. The summed E-state index contributed by atoms with van der Waals surface area (Å²) in [6.07, 6.45) is 2.15. The number of benzene rings is 1. The van der Waals surface area contributed by atoms with E-state index in [-0.39, 0.29) is 22.3 Å². The standard InChI is InChI=1S/C22H37NO2/c1-10-22(9,11-2)23-18(24)14-15-12-16(20(3,4)5)19(25)17(13-15)21(6,7)8/h12-13,25H,10-11,14H2,1-9H3,(H,23,24). The molecular formula is C22H37NO2. The van der Waals surface area contributed by atoms with Gasteiger partial charge in [0.25, 0.3) is 0 Å². The minimum Gasteiger partial charge on any atom is -0.507 e. The molecule has 3 nitrogen and oxygen atoms in total. The second-order valence-corrected chi connectivity index (χ2v) is 9.53. The molecule has 0 aliphatic carbocycles. The number of carbonyl (C=O) groups is 1. The van der Waals surface area contributed by atoms with Gasteiger partial charge >= 0.3 is 0 Å². The normalized spacial score (nSPS) is 13.0. The van der Waals surface area contributed by atoms with Gasteiger partial charge in [-0.3, -0.25) is 4.79 Å². The highest BCUT2D eigenvalue weighted by Gasteiger charge is 2.27. The van der Waals surface area contributed by atoms with Crippen molar-refractivity contribution in [2.75, 3.05) is 0 Å². The summed E-state index contributed by atoms with van der Waals surface area (Å²) < 4.78 is 0. The molecule has 1 amide bonds. The van der Waals surface area contributed by atoms with Gasteiger partial charge in [0.15, 0.2) is 0 Å². The quantitative estimate of drug-likeness (QED) is 0.766. The van der Waals surface area contributed by atoms with Crippen LogP contribution in [0.15, 0.2) is 12.1 Å². The minimum atomic E-state index is -0.183. The zero-order valence-corrected chi connectivity index (χ0v) is 17.6. The van der Waals surface area contributed by atoms with Gasteiger partial charge in [0, 0.05) is 5.54 Å². The Morgan fingerprint density at radius 3 is 1.64 bits per heavy atom. The number of carbonyl (C=O) groups excluding carboxylic acids is 1. The van der Waals surface area contributed by atoms with E-state index in [0.29, 0.717) is 12.2 Å². The van der Waals surface area contributed by atoms with Crippen LogP contribution in [0.2, 0.25) is 0 Å². The fraction of sp³-hybridized carbons (Fsp3) is 0.682. The molecule has 3 heteroatoms. The highest BCUT2D eigenvalue weighted by molar-refractivity contribution is 5.79. The Morgan fingerprint density at radius 1 is 0.920 bits per heavy atom. The molecule has 0 aliphatic heterocycles. The Balaban J connectivity index is 3.26. The van der Waals surface area contributed by atoms with Crippen molar-refractivity contribution in [1.82, 2.24) is 5.32 Å². The largest absolute Gasteiger partial charge is 0.507 e. The Kier molecular flexibility index (Phi) is 6.36. The molecule has 25 heavy (non-hydrogen) atoms. The average molecular weight is 348 g/mol. The number of phenolic OH excluding ortho intramolecular Hbond substituents is 1. The Labute approximate surface area is 154 Å². The van der Waals surface area contributed by atoms with E-state index < -0.39 is 0 Å². The molecule has 1 rings (SSSR count). The lowest BCUT2D eigenvalue weighted by Gasteiger charge is -2.30. The molecule has 0 bridgehead atoms. The van der Waals surface area contributed by atoms with Crippen LogP contribution in [0.25, 0.3) is 0 Å². The van der Waals surface area contributed by atoms with E-state index in [4.69, 9.17) is 0 Å². The lowest BCUT2D eigenvalue weighted by atomic mass is 9.78. The van der Waals surface area contributed by atoms with Crippen LogP contribution in [0.4, 0.5) is 0 Å². The smallest absolute Gasteiger partial charge is 0.224 e. The van der Waals surface area contributed by atoms with Gasteiger partial charge in [-0.15, -0.1) is 0 Å². The highest BCUT2D eigenvalue weighted by Crippen LogP contribution is 2.39. The van der Waals surface area contributed by atoms with E-state index in [1.165, 1.54) is 0 Å². The molecule has 1 aromatic carbocycles. The lowest BCUT2D eigenvalue weighted by molar-refractivity contribution is -0.122. The van der Waals surface area contributed by atoms with Crippen molar-refractivity contribution < 1.29 is 9.90 Å². The zero-order valence-electron chi connectivity index (χ0n) is 17.6. The predicted molar refractivity (Wildman–Crippen MR) is 106 cm³/mol. The number of hydrogen-bond donors (Lipinski definition) is 2.